The van der Waals surface area contributed by atoms with E-state index in [1.54, 1.807) is 19.2 Å². The first kappa shape index (κ1) is 21.8. The van der Waals surface area contributed by atoms with Gasteiger partial charge in [0.2, 0.25) is 0 Å². The van der Waals surface area contributed by atoms with Gasteiger partial charge >= 0.3 is 5.97 Å². The van der Waals surface area contributed by atoms with E-state index in [2.05, 4.69) is 17.9 Å². The minimum atomic E-state index is -0.890. The number of carbonyl (C=O) groups is 1. The van der Waals surface area contributed by atoms with Crippen molar-refractivity contribution in [3.63, 3.8) is 0 Å². The van der Waals surface area contributed by atoms with E-state index in [1.165, 1.54) is 28.7 Å². The molecule has 4 rings (SSSR count). The van der Waals surface area contributed by atoms with E-state index >= 15 is 0 Å². The zero-order chi connectivity index (χ0) is 22.0. The van der Waals surface area contributed by atoms with E-state index < -0.39 is 5.97 Å². The molecule has 0 bridgehead atoms. The number of carboxylic acid groups (broad SMARTS) is 1. The Bertz CT molecular complexity index is 937. The third-order valence-electron chi connectivity index (χ3n) is 6.89. The lowest BCUT2D eigenvalue weighted by atomic mass is 9.90. The molecule has 1 saturated heterocycles. The normalized spacial score (nSPS) is 21.1. The van der Waals surface area contributed by atoms with Gasteiger partial charge in [0, 0.05) is 31.3 Å². The van der Waals surface area contributed by atoms with Crippen LogP contribution >= 0.6 is 0 Å². The molecule has 1 aliphatic heterocycles. The Kier molecular flexibility index (Phi) is 6.63. The molecule has 2 atom stereocenters. The van der Waals surface area contributed by atoms with Crippen LogP contribution in [-0.2, 0) is 24.1 Å². The Hall–Kier alpha value is -2.37. The minimum absolute atomic E-state index is 0.191. The molecule has 1 aliphatic carbocycles. The fourth-order valence-electron chi connectivity index (χ4n) is 5.34. The van der Waals surface area contributed by atoms with Crippen LogP contribution in [0, 0.1) is 6.92 Å². The summed E-state index contributed by atoms with van der Waals surface area (Å²) in [6.07, 6.45) is 5.64. The first-order valence-electron chi connectivity index (χ1n) is 11.4. The number of nitrogens with zero attached hydrogens (tertiary/aromatic N) is 1. The topological polar surface area (TPSA) is 59.0 Å². The molecule has 5 nitrogen and oxygen atoms in total. The van der Waals surface area contributed by atoms with Gasteiger partial charge in [-0.05, 0) is 86.4 Å². The number of hydrogen-bond acceptors (Lipinski definition) is 4. The largest absolute Gasteiger partial charge is 0.496 e. The Morgan fingerprint density at radius 2 is 1.94 bits per heavy atom. The van der Waals surface area contributed by atoms with E-state index in [-0.39, 0.29) is 12.1 Å². The number of carboxylic acids is 1. The predicted molar refractivity (Wildman–Crippen MR) is 121 cm³/mol. The van der Waals surface area contributed by atoms with Crippen LogP contribution in [0.5, 0.6) is 5.75 Å². The average Bonchev–Trinajstić information content (AvgIpc) is 3.27. The molecule has 2 aromatic rings. The van der Waals surface area contributed by atoms with E-state index in [0.717, 1.165) is 50.1 Å². The average molecular weight is 424 g/mol. The summed E-state index contributed by atoms with van der Waals surface area (Å²) in [6, 6.07) is 9.74. The number of ether oxygens (including phenoxy) is 2. The van der Waals surface area contributed by atoms with Crippen molar-refractivity contribution in [1.29, 1.82) is 0 Å². The third-order valence-corrected chi connectivity index (χ3v) is 6.89. The Morgan fingerprint density at radius 3 is 2.61 bits per heavy atom. The Labute approximate surface area is 185 Å². The van der Waals surface area contributed by atoms with Gasteiger partial charge in [-0.2, -0.15) is 0 Å². The van der Waals surface area contributed by atoms with Crippen LogP contribution in [0.15, 0.2) is 30.3 Å². The quantitative estimate of drug-likeness (QED) is 0.684. The molecular weight excluding hydrogens is 390 g/mol. The van der Waals surface area contributed by atoms with Crippen molar-refractivity contribution >= 4 is 5.97 Å². The van der Waals surface area contributed by atoms with Crippen LogP contribution in [-0.4, -0.2) is 42.3 Å². The van der Waals surface area contributed by atoms with Gasteiger partial charge in [-0.15, -0.1) is 0 Å². The highest BCUT2D eigenvalue weighted by Gasteiger charge is 2.32. The number of fused-ring (bicyclic) bond motifs is 1. The van der Waals surface area contributed by atoms with Crippen LogP contribution in [0.25, 0.3) is 0 Å². The summed E-state index contributed by atoms with van der Waals surface area (Å²) in [7, 11) is 1.77. The maximum Gasteiger partial charge on any atom is 0.335 e. The number of rotatable bonds is 7. The molecule has 0 saturated carbocycles. The monoisotopic (exact) mass is 423 g/mol. The van der Waals surface area contributed by atoms with Gasteiger partial charge < -0.3 is 14.6 Å². The fraction of sp³-hybridized carbons (Fsp3) is 0.500. The molecule has 1 N–H and O–H groups in total. The smallest absolute Gasteiger partial charge is 0.335 e. The van der Waals surface area contributed by atoms with Crippen LogP contribution in [0.3, 0.4) is 0 Å². The SMILES string of the molecule is CCO[C@H]1CCN(Cc2c(OC)cc(C)c3c2CCC3)C(c2ccc(C(=O)O)cc2)C1. The highest BCUT2D eigenvalue weighted by molar-refractivity contribution is 5.87. The standard InChI is InChI=1S/C26H33NO4/c1-4-31-20-12-13-27(24(15-20)18-8-10-19(11-9-18)26(28)29)16-23-22-7-5-6-21(22)17(2)14-25(23)30-3/h8-11,14,20,24H,4-7,12-13,15-16H2,1-3H3,(H,28,29)/t20-,24?/m0/s1. The molecule has 0 aromatic heterocycles. The molecular formula is C26H33NO4. The maximum atomic E-state index is 11.3. The fourth-order valence-corrected chi connectivity index (χ4v) is 5.34. The number of benzene rings is 2. The summed E-state index contributed by atoms with van der Waals surface area (Å²) in [4.78, 5) is 13.8. The molecule has 1 fully saturated rings. The van der Waals surface area contributed by atoms with Crippen molar-refractivity contribution in [2.24, 2.45) is 0 Å². The summed E-state index contributed by atoms with van der Waals surface area (Å²) in [5.74, 6) is 0.101. The van der Waals surface area contributed by atoms with Crippen LogP contribution < -0.4 is 4.74 Å². The van der Waals surface area contributed by atoms with Crippen molar-refractivity contribution < 1.29 is 19.4 Å². The van der Waals surface area contributed by atoms with Gasteiger partial charge in [-0.25, -0.2) is 4.79 Å². The number of piperidine rings is 1. The van der Waals surface area contributed by atoms with Crippen LogP contribution in [0.4, 0.5) is 0 Å². The lowest BCUT2D eigenvalue weighted by Crippen LogP contribution is -2.39. The van der Waals surface area contributed by atoms with Crippen molar-refractivity contribution in [2.75, 3.05) is 20.3 Å². The number of aryl methyl sites for hydroxylation is 1. The summed E-state index contributed by atoms with van der Waals surface area (Å²) in [5.41, 5.74) is 7.11. The van der Waals surface area contributed by atoms with E-state index in [4.69, 9.17) is 9.47 Å². The van der Waals surface area contributed by atoms with Gasteiger partial charge in [0.15, 0.2) is 0 Å². The van der Waals surface area contributed by atoms with Crippen LogP contribution in [0.1, 0.15) is 70.4 Å². The molecule has 0 spiro atoms. The lowest BCUT2D eigenvalue weighted by molar-refractivity contribution is -0.0140. The van der Waals surface area contributed by atoms with Crippen molar-refractivity contribution in [1.82, 2.24) is 4.90 Å². The minimum Gasteiger partial charge on any atom is -0.496 e. The molecule has 31 heavy (non-hydrogen) atoms. The summed E-state index contributed by atoms with van der Waals surface area (Å²) >= 11 is 0. The lowest BCUT2D eigenvalue weighted by Gasteiger charge is -2.40. The van der Waals surface area contributed by atoms with Gasteiger partial charge in [-0.3, -0.25) is 4.90 Å². The first-order valence-corrected chi connectivity index (χ1v) is 11.4. The van der Waals surface area contributed by atoms with Crippen LogP contribution in [0.2, 0.25) is 0 Å². The zero-order valence-corrected chi connectivity index (χ0v) is 18.8. The highest BCUT2D eigenvalue weighted by Crippen LogP contribution is 2.39. The molecule has 2 aromatic carbocycles. The van der Waals surface area contributed by atoms with Crippen molar-refractivity contribution in [3.05, 3.63) is 63.7 Å². The third kappa shape index (κ3) is 4.48. The second-order valence-electron chi connectivity index (χ2n) is 8.70. The molecule has 5 heteroatoms. The number of methoxy groups -OCH3 is 1. The second-order valence-corrected chi connectivity index (χ2v) is 8.70. The Balaban J connectivity index is 1.66. The summed E-state index contributed by atoms with van der Waals surface area (Å²) < 4.78 is 11.8. The van der Waals surface area contributed by atoms with Gasteiger partial charge in [0.1, 0.15) is 5.75 Å². The number of aromatic carboxylic acids is 1. The predicted octanol–water partition coefficient (Wildman–Crippen LogP) is 4.93. The van der Waals surface area contributed by atoms with Crippen molar-refractivity contribution in [2.45, 2.75) is 64.6 Å². The second kappa shape index (κ2) is 9.41. The maximum absolute atomic E-state index is 11.3. The first-order chi connectivity index (χ1) is 15.0. The van der Waals surface area contributed by atoms with E-state index in [1.807, 2.05) is 19.1 Å². The molecule has 0 amide bonds. The molecule has 1 heterocycles. The van der Waals surface area contributed by atoms with E-state index in [9.17, 15) is 9.90 Å². The zero-order valence-electron chi connectivity index (χ0n) is 18.8. The van der Waals surface area contributed by atoms with E-state index in [0.29, 0.717) is 12.2 Å². The molecule has 0 radical (unpaired) electrons. The highest BCUT2D eigenvalue weighted by atomic mass is 16.5. The molecule has 1 unspecified atom stereocenters. The van der Waals surface area contributed by atoms with Gasteiger partial charge in [0.05, 0.1) is 18.8 Å². The molecule has 166 valence electrons. The van der Waals surface area contributed by atoms with Gasteiger partial charge in [0.25, 0.3) is 0 Å². The number of hydrogen-bond donors (Lipinski definition) is 1. The van der Waals surface area contributed by atoms with Crippen molar-refractivity contribution in [3.8, 4) is 5.75 Å². The molecule has 2 aliphatic rings. The Morgan fingerprint density at radius 1 is 1.19 bits per heavy atom. The summed E-state index contributed by atoms with van der Waals surface area (Å²) in [6.45, 7) is 6.74. The summed E-state index contributed by atoms with van der Waals surface area (Å²) in [5, 5.41) is 9.27. The van der Waals surface area contributed by atoms with Gasteiger partial charge in [-0.1, -0.05) is 12.1 Å². The number of likely N-dealkylation sites (tertiary alicyclic amines) is 1.